The van der Waals surface area contributed by atoms with Crippen molar-refractivity contribution in [2.24, 2.45) is 0 Å². The fourth-order valence-corrected chi connectivity index (χ4v) is 4.73. The molecule has 0 spiro atoms. The van der Waals surface area contributed by atoms with Gasteiger partial charge in [-0.2, -0.15) is 18.2 Å². The zero-order valence-corrected chi connectivity index (χ0v) is 22.0. The normalized spacial score (nSPS) is 14.3. The largest absolute Gasteiger partial charge is 0.493 e. The minimum atomic E-state index is -5.20. The lowest BCUT2D eigenvalue weighted by molar-refractivity contribution is -0.201. The molecule has 0 amide bonds. The van der Waals surface area contributed by atoms with E-state index in [9.17, 15) is 18.0 Å². The lowest BCUT2D eigenvalue weighted by Crippen LogP contribution is -2.37. The minimum absolute atomic E-state index is 0.163. The average molecular weight is 572 g/mol. The SMILES string of the molecule is O=C(ON1c2cccnc2NC1c1ccc(OCc2ccccc2)cc1OCc1cccc2ccccc12)C(F)(F)F. The molecule has 1 aromatic heterocycles. The highest BCUT2D eigenvalue weighted by Gasteiger charge is 2.46. The number of carbonyl (C=O) groups excluding carboxylic acids is 1. The van der Waals surface area contributed by atoms with Gasteiger partial charge < -0.3 is 19.6 Å². The van der Waals surface area contributed by atoms with E-state index in [1.807, 2.05) is 72.8 Å². The molecular formula is C32H24F3N3O4. The Hall–Kier alpha value is -5.25. The fraction of sp³-hybridized carbons (Fsp3) is 0.125. The number of benzene rings is 4. The van der Waals surface area contributed by atoms with E-state index in [1.165, 1.54) is 18.3 Å². The number of hydrogen-bond acceptors (Lipinski definition) is 7. The molecular weight excluding hydrogens is 547 g/mol. The zero-order chi connectivity index (χ0) is 29.1. The summed E-state index contributed by atoms with van der Waals surface area (Å²) in [5.41, 5.74) is 2.46. The fourth-order valence-electron chi connectivity index (χ4n) is 4.73. The number of nitrogens with zero attached hydrogens (tertiary/aromatic N) is 2. The van der Waals surface area contributed by atoms with Crippen molar-refractivity contribution in [1.29, 1.82) is 0 Å². The first-order chi connectivity index (χ1) is 20.4. The van der Waals surface area contributed by atoms with Crippen LogP contribution in [0.5, 0.6) is 11.5 Å². The number of hydrogen-bond donors (Lipinski definition) is 1. The summed E-state index contributed by atoms with van der Waals surface area (Å²) in [5.74, 6) is -1.29. The number of alkyl halides is 3. The number of hydroxylamine groups is 1. The summed E-state index contributed by atoms with van der Waals surface area (Å²) in [5, 5.41) is 5.97. The molecule has 2 heterocycles. The molecule has 1 N–H and O–H groups in total. The number of rotatable bonds is 8. The van der Waals surface area contributed by atoms with Crippen LogP contribution in [-0.2, 0) is 22.8 Å². The molecule has 1 aliphatic heterocycles. The van der Waals surface area contributed by atoms with Crippen LogP contribution in [0.25, 0.3) is 10.8 Å². The van der Waals surface area contributed by atoms with Crippen LogP contribution >= 0.6 is 0 Å². The molecule has 1 unspecified atom stereocenters. The Balaban J connectivity index is 1.35. The van der Waals surface area contributed by atoms with E-state index in [2.05, 4.69) is 10.3 Å². The number of aromatic nitrogens is 1. The van der Waals surface area contributed by atoms with Gasteiger partial charge in [0.05, 0.1) is 0 Å². The molecule has 4 aromatic carbocycles. The molecule has 212 valence electrons. The molecule has 0 radical (unpaired) electrons. The lowest BCUT2D eigenvalue weighted by Gasteiger charge is -2.27. The molecule has 0 fully saturated rings. The minimum Gasteiger partial charge on any atom is -0.489 e. The monoisotopic (exact) mass is 571 g/mol. The van der Waals surface area contributed by atoms with Crippen LogP contribution in [0, 0.1) is 0 Å². The Kier molecular flexibility index (Phi) is 7.26. The first kappa shape index (κ1) is 26.9. The van der Waals surface area contributed by atoms with Crippen LogP contribution in [0.4, 0.5) is 24.7 Å². The van der Waals surface area contributed by atoms with Crippen LogP contribution in [0.1, 0.15) is 22.9 Å². The molecule has 0 aliphatic carbocycles. The highest BCUT2D eigenvalue weighted by Crippen LogP contribution is 2.44. The summed E-state index contributed by atoms with van der Waals surface area (Å²) in [6.07, 6.45) is -4.78. The Morgan fingerprint density at radius 3 is 2.48 bits per heavy atom. The number of fused-ring (bicyclic) bond motifs is 2. The number of ether oxygens (including phenoxy) is 2. The third-order valence-corrected chi connectivity index (χ3v) is 6.74. The highest BCUT2D eigenvalue weighted by atomic mass is 19.4. The van der Waals surface area contributed by atoms with Crippen LogP contribution in [0.3, 0.4) is 0 Å². The second-order valence-corrected chi connectivity index (χ2v) is 9.52. The van der Waals surface area contributed by atoms with Crippen molar-refractivity contribution in [3.05, 3.63) is 126 Å². The maximum Gasteiger partial charge on any atom is 0.493 e. The Morgan fingerprint density at radius 1 is 0.857 bits per heavy atom. The van der Waals surface area contributed by atoms with E-state index in [0.717, 1.165) is 27.0 Å². The molecule has 6 rings (SSSR count). The van der Waals surface area contributed by atoms with Gasteiger partial charge in [0.15, 0.2) is 12.0 Å². The van der Waals surface area contributed by atoms with Crippen LogP contribution < -0.4 is 19.9 Å². The third-order valence-electron chi connectivity index (χ3n) is 6.74. The Morgan fingerprint density at radius 2 is 1.64 bits per heavy atom. The number of pyridine rings is 1. The van der Waals surface area contributed by atoms with E-state index in [4.69, 9.17) is 14.3 Å². The first-order valence-electron chi connectivity index (χ1n) is 13.1. The number of nitrogens with one attached hydrogen (secondary N) is 1. The van der Waals surface area contributed by atoms with Crippen molar-refractivity contribution in [2.75, 3.05) is 10.4 Å². The average Bonchev–Trinajstić information content (AvgIpc) is 3.37. The van der Waals surface area contributed by atoms with E-state index < -0.39 is 18.3 Å². The van der Waals surface area contributed by atoms with Crippen LogP contribution in [0.15, 0.2) is 109 Å². The molecule has 1 atom stereocenters. The number of anilines is 2. The van der Waals surface area contributed by atoms with Gasteiger partial charge in [0.25, 0.3) is 0 Å². The van der Waals surface area contributed by atoms with E-state index in [-0.39, 0.29) is 18.1 Å². The van der Waals surface area contributed by atoms with Gasteiger partial charge in [0.1, 0.15) is 30.4 Å². The standard InChI is InChI=1S/C32H24F3N3O4/c33-32(34,35)31(39)42-38-27-14-7-17-36-29(27)37-30(38)26-16-15-24(40-19-21-8-2-1-3-9-21)18-28(26)41-20-23-12-6-11-22-10-4-5-13-25(22)23/h1-18,30H,19-20H2,(H,36,37). The molecule has 0 saturated carbocycles. The van der Waals surface area contributed by atoms with Gasteiger partial charge in [-0.1, -0.05) is 72.8 Å². The second kappa shape index (κ2) is 11.3. The predicted octanol–water partition coefficient (Wildman–Crippen LogP) is 7.34. The van der Waals surface area contributed by atoms with Crippen molar-refractivity contribution in [2.45, 2.75) is 25.6 Å². The van der Waals surface area contributed by atoms with Gasteiger partial charge in [0.2, 0.25) is 0 Å². The molecule has 5 aromatic rings. The van der Waals surface area contributed by atoms with Crippen molar-refractivity contribution >= 4 is 28.2 Å². The summed E-state index contributed by atoms with van der Waals surface area (Å²) in [7, 11) is 0. The first-order valence-corrected chi connectivity index (χ1v) is 13.1. The Labute approximate surface area is 239 Å². The smallest absolute Gasteiger partial charge is 0.489 e. The van der Waals surface area contributed by atoms with Crippen LogP contribution in [0.2, 0.25) is 0 Å². The van der Waals surface area contributed by atoms with E-state index in [0.29, 0.717) is 23.7 Å². The topological polar surface area (TPSA) is 72.9 Å². The number of halogens is 3. The van der Waals surface area contributed by atoms with Crippen molar-refractivity contribution < 1.29 is 32.3 Å². The Bertz CT molecular complexity index is 1720. The van der Waals surface area contributed by atoms with Gasteiger partial charge in [-0.3, -0.25) is 0 Å². The van der Waals surface area contributed by atoms with E-state index in [1.54, 1.807) is 18.2 Å². The summed E-state index contributed by atoms with van der Waals surface area (Å²) in [6, 6.07) is 31.4. The maximum atomic E-state index is 13.2. The van der Waals surface area contributed by atoms with Crippen molar-refractivity contribution in [3.63, 3.8) is 0 Å². The predicted molar refractivity (Wildman–Crippen MR) is 151 cm³/mol. The third kappa shape index (κ3) is 5.64. The zero-order valence-electron chi connectivity index (χ0n) is 22.0. The summed E-state index contributed by atoms with van der Waals surface area (Å²) < 4.78 is 52.0. The van der Waals surface area contributed by atoms with Gasteiger partial charge in [-0.15, -0.1) is 0 Å². The van der Waals surface area contributed by atoms with Crippen molar-refractivity contribution in [1.82, 2.24) is 4.98 Å². The molecule has 42 heavy (non-hydrogen) atoms. The van der Waals surface area contributed by atoms with Gasteiger partial charge in [-0.05, 0) is 46.2 Å². The molecule has 0 saturated heterocycles. The van der Waals surface area contributed by atoms with Gasteiger partial charge >= 0.3 is 12.1 Å². The molecule has 10 heteroatoms. The molecule has 1 aliphatic rings. The number of carbonyl (C=O) groups is 1. The highest BCUT2D eigenvalue weighted by molar-refractivity contribution is 5.85. The summed E-state index contributed by atoms with van der Waals surface area (Å²) >= 11 is 0. The lowest BCUT2D eigenvalue weighted by atomic mass is 10.1. The summed E-state index contributed by atoms with van der Waals surface area (Å²) in [6.45, 7) is 0.464. The van der Waals surface area contributed by atoms with Crippen LogP contribution in [-0.4, -0.2) is 17.1 Å². The molecule has 7 nitrogen and oxygen atoms in total. The maximum absolute atomic E-state index is 13.2. The van der Waals surface area contributed by atoms with E-state index >= 15 is 0 Å². The van der Waals surface area contributed by atoms with Gasteiger partial charge in [-0.25, -0.2) is 9.78 Å². The quantitative estimate of drug-likeness (QED) is 0.209. The summed E-state index contributed by atoms with van der Waals surface area (Å²) in [4.78, 5) is 21.0. The molecule has 0 bridgehead atoms. The second-order valence-electron chi connectivity index (χ2n) is 9.52. The van der Waals surface area contributed by atoms with Gasteiger partial charge in [0, 0.05) is 17.8 Å². The van der Waals surface area contributed by atoms with Crippen molar-refractivity contribution in [3.8, 4) is 11.5 Å².